The number of hydrogen-bond donors (Lipinski definition) is 0. The fourth-order valence-electron chi connectivity index (χ4n) is 0.766. The van der Waals surface area contributed by atoms with E-state index in [0.717, 1.165) is 12.1 Å². The third-order valence-electron chi connectivity index (χ3n) is 1.30. The third-order valence-corrected chi connectivity index (χ3v) is 2.02. The minimum absolute atomic E-state index is 0. The van der Waals surface area contributed by atoms with Crippen molar-refractivity contribution in [2.24, 2.45) is 0 Å². The van der Waals surface area contributed by atoms with Gasteiger partial charge in [0.25, 0.3) is 0 Å². The maximum Gasteiger partial charge on any atom is 1.00 e. The van der Waals surface area contributed by atoms with Gasteiger partial charge in [-0.05, 0) is 19.1 Å². The van der Waals surface area contributed by atoms with E-state index >= 15 is 0 Å². The monoisotopic (exact) mass is 242 g/mol. The summed E-state index contributed by atoms with van der Waals surface area (Å²) in [6, 6.07) is 1.98. The minimum atomic E-state index is -4.65. The molecule has 0 amide bonds. The van der Waals surface area contributed by atoms with Crippen LogP contribution in [0.25, 0.3) is 0 Å². The van der Waals surface area contributed by atoms with Crippen LogP contribution in [0, 0.1) is 0 Å². The third kappa shape index (κ3) is 3.96. The maximum absolute atomic E-state index is 11.0. The summed E-state index contributed by atoms with van der Waals surface area (Å²) in [7, 11) is -4.65. The van der Waals surface area contributed by atoms with E-state index in [4.69, 9.17) is 0 Å². The number of furan rings is 1. The second kappa shape index (κ2) is 5.66. The van der Waals surface area contributed by atoms with Crippen molar-refractivity contribution < 1.29 is 56.5 Å². The summed E-state index contributed by atoms with van der Waals surface area (Å²) in [5.74, 6) is -1.11. The fourth-order valence-corrected chi connectivity index (χ4v) is 1.19. The van der Waals surface area contributed by atoms with Gasteiger partial charge >= 0.3 is 35.5 Å². The first-order valence-electron chi connectivity index (χ1n) is 3.68. The van der Waals surface area contributed by atoms with Crippen LogP contribution in [-0.2, 0) is 14.9 Å². The number of carbonyl (C=O) groups is 1. The largest absolute Gasteiger partial charge is 1.00 e. The van der Waals surface area contributed by atoms with Crippen molar-refractivity contribution in [2.45, 2.75) is 12.0 Å². The topological polar surface area (TPSA) is 96.6 Å². The van der Waals surface area contributed by atoms with E-state index in [2.05, 4.69) is 9.15 Å². The molecule has 0 radical (unpaired) electrons. The van der Waals surface area contributed by atoms with Gasteiger partial charge in [-0.3, -0.25) is 0 Å². The summed E-state index contributed by atoms with van der Waals surface area (Å²) < 4.78 is 40.3. The Kier molecular flexibility index (Phi) is 5.54. The molecule has 6 nitrogen and oxygen atoms in total. The minimum Gasteiger partial charge on any atom is -0.742 e. The van der Waals surface area contributed by atoms with Gasteiger partial charge in [-0.1, -0.05) is 0 Å². The van der Waals surface area contributed by atoms with Crippen molar-refractivity contribution in [3.05, 3.63) is 17.9 Å². The number of hydrogen-bond acceptors (Lipinski definition) is 6. The predicted molar refractivity (Wildman–Crippen MR) is 42.6 cm³/mol. The SMILES string of the molecule is CCOC(=O)c1ccc(S(=O)(=O)[O-])o1.[Na+]. The average molecular weight is 242 g/mol. The van der Waals surface area contributed by atoms with Crippen molar-refractivity contribution in [3.8, 4) is 0 Å². The maximum atomic E-state index is 11.0. The molecule has 0 spiro atoms. The summed E-state index contributed by atoms with van der Waals surface area (Å²) in [4.78, 5) is 11.0. The molecule has 0 N–H and O–H groups in total. The molecule has 0 fully saturated rings. The Morgan fingerprint density at radius 3 is 2.53 bits per heavy atom. The zero-order valence-electron chi connectivity index (χ0n) is 8.22. The van der Waals surface area contributed by atoms with Crippen LogP contribution in [0.15, 0.2) is 21.6 Å². The van der Waals surface area contributed by atoms with Gasteiger partial charge in [-0.2, -0.15) is 0 Å². The average Bonchev–Trinajstić information content (AvgIpc) is 2.51. The van der Waals surface area contributed by atoms with E-state index in [1.165, 1.54) is 0 Å². The first kappa shape index (κ1) is 14.7. The summed E-state index contributed by atoms with van der Waals surface area (Å²) in [5, 5.41) is -0.791. The molecule has 0 unspecified atom stereocenters. The van der Waals surface area contributed by atoms with E-state index < -0.39 is 21.2 Å². The second-order valence-electron chi connectivity index (χ2n) is 2.29. The quantitative estimate of drug-likeness (QED) is 0.326. The fraction of sp³-hybridized carbons (Fsp3) is 0.286. The summed E-state index contributed by atoms with van der Waals surface area (Å²) >= 11 is 0. The predicted octanol–water partition coefficient (Wildman–Crippen LogP) is -2.64. The molecule has 1 aromatic heterocycles. The van der Waals surface area contributed by atoms with Crippen LogP contribution in [0.4, 0.5) is 0 Å². The molecular formula is C7H7NaO6S. The van der Waals surface area contributed by atoms with Crippen molar-refractivity contribution in [2.75, 3.05) is 6.61 Å². The van der Waals surface area contributed by atoms with Crippen LogP contribution in [0.5, 0.6) is 0 Å². The van der Waals surface area contributed by atoms with Crippen LogP contribution < -0.4 is 29.6 Å². The van der Waals surface area contributed by atoms with Crippen molar-refractivity contribution >= 4 is 16.1 Å². The Bertz CT molecular complexity index is 434. The van der Waals surface area contributed by atoms with Gasteiger partial charge in [0.05, 0.1) is 6.61 Å². The van der Waals surface area contributed by atoms with E-state index in [1.807, 2.05) is 0 Å². The smallest absolute Gasteiger partial charge is 0.742 e. The summed E-state index contributed by atoms with van der Waals surface area (Å²) in [5.41, 5.74) is 0. The van der Waals surface area contributed by atoms with Crippen LogP contribution in [0.3, 0.4) is 0 Å². The van der Waals surface area contributed by atoms with E-state index in [9.17, 15) is 17.8 Å². The zero-order chi connectivity index (χ0) is 10.8. The van der Waals surface area contributed by atoms with Gasteiger partial charge in [0.2, 0.25) is 10.9 Å². The number of rotatable bonds is 3. The Morgan fingerprint density at radius 1 is 1.53 bits per heavy atom. The molecule has 0 aliphatic rings. The molecule has 0 aliphatic carbocycles. The number of carbonyl (C=O) groups excluding carboxylic acids is 1. The molecule has 0 aliphatic heterocycles. The Balaban J connectivity index is 0.00000196. The molecule has 15 heavy (non-hydrogen) atoms. The molecule has 0 aromatic carbocycles. The van der Waals surface area contributed by atoms with E-state index in [0.29, 0.717) is 0 Å². The molecule has 0 saturated carbocycles. The normalized spacial score (nSPS) is 10.5. The van der Waals surface area contributed by atoms with Gasteiger partial charge in [-0.25, -0.2) is 13.2 Å². The second-order valence-corrected chi connectivity index (χ2v) is 3.60. The Hall–Kier alpha value is -0.340. The molecule has 0 atom stereocenters. The summed E-state index contributed by atoms with van der Waals surface area (Å²) in [6.07, 6.45) is 0. The molecule has 0 bridgehead atoms. The molecule has 8 heteroatoms. The van der Waals surface area contributed by atoms with E-state index in [-0.39, 0.29) is 41.9 Å². The summed E-state index contributed by atoms with van der Waals surface area (Å²) in [6.45, 7) is 1.73. The van der Waals surface area contributed by atoms with Crippen molar-refractivity contribution in [1.82, 2.24) is 0 Å². The van der Waals surface area contributed by atoms with Crippen LogP contribution >= 0.6 is 0 Å². The Labute approximate surface area is 109 Å². The first-order valence-corrected chi connectivity index (χ1v) is 5.09. The molecule has 1 rings (SSSR count). The molecule has 1 heterocycles. The molecule has 0 saturated heterocycles. The van der Waals surface area contributed by atoms with Crippen LogP contribution in [0.1, 0.15) is 17.5 Å². The number of esters is 1. The van der Waals surface area contributed by atoms with E-state index in [1.54, 1.807) is 6.92 Å². The molecule has 78 valence electrons. The van der Waals surface area contributed by atoms with Crippen molar-refractivity contribution in [3.63, 3.8) is 0 Å². The van der Waals surface area contributed by atoms with Gasteiger partial charge in [0, 0.05) is 0 Å². The Morgan fingerprint density at radius 2 is 2.13 bits per heavy atom. The molecular weight excluding hydrogens is 235 g/mol. The van der Waals surface area contributed by atoms with Crippen molar-refractivity contribution in [1.29, 1.82) is 0 Å². The van der Waals surface area contributed by atoms with Crippen LogP contribution in [0.2, 0.25) is 0 Å². The zero-order valence-corrected chi connectivity index (χ0v) is 11.0. The standard InChI is InChI=1S/C7H8O6S.Na/c1-2-12-7(8)5-3-4-6(13-5)14(9,10)11;/h3-4H,2H2,1H3,(H,9,10,11);/q;+1/p-1. The number of ether oxygens (including phenoxy) is 1. The van der Waals surface area contributed by atoms with Gasteiger partial charge in [0.1, 0.15) is 0 Å². The van der Waals surface area contributed by atoms with Crippen LogP contribution in [-0.4, -0.2) is 25.5 Å². The van der Waals surface area contributed by atoms with Gasteiger partial charge in [-0.15, -0.1) is 0 Å². The van der Waals surface area contributed by atoms with Gasteiger partial charge in [0.15, 0.2) is 10.1 Å². The first-order chi connectivity index (χ1) is 6.45. The van der Waals surface area contributed by atoms with Gasteiger partial charge < -0.3 is 13.7 Å². The molecule has 1 aromatic rings.